The van der Waals surface area contributed by atoms with Crippen molar-refractivity contribution in [2.45, 2.75) is 12.1 Å². The first-order valence-corrected chi connectivity index (χ1v) is 7.27. The highest BCUT2D eigenvalue weighted by atomic mass is 19.1. The zero-order chi connectivity index (χ0) is 18.4. The van der Waals surface area contributed by atoms with Gasteiger partial charge in [-0.2, -0.15) is 0 Å². The van der Waals surface area contributed by atoms with Crippen molar-refractivity contribution in [2.75, 3.05) is 11.9 Å². The number of nitrogens with one attached hydrogen (secondary N) is 2. The fourth-order valence-corrected chi connectivity index (χ4v) is 2.15. The van der Waals surface area contributed by atoms with Gasteiger partial charge < -0.3 is 20.8 Å². The highest BCUT2D eigenvalue weighted by Crippen LogP contribution is 2.20. The van der Waals surface area contributed by atoms with Crippen molar-refractivity contribution in [2.24, 2.45) is 0 Å². The lowest BCUT2D eigenvalue weighted by Gasteiger charge is -2.22. The van der Waals surface area contributed by atoms with Gasteiger partial charge in [-0.05, 0) is 35.9 Å². The van der Waals surface area contributed by atoms with Gasteiger partial charge in [0.1, 0.15) is 11.9 Å². The molecule has 0 bridgehead atoms. The molecule has 0 aliphatic heterocycles. The molecule has 2 aromatic carbocycles. The van der Waals surface area contributed by atoms with E-state index in [0.717, 1.165) is 6.07 Å². The quantitative estimate of drug-likeness (QED) is 0.469. The van der Waals surface area contributed by atoms with E-state index in [1.54, 1.807) is 0 Å². The standard InChI is InChI=1S/C16H16FN3O5/c17-11-2-1-3-12(8-11)18-16(23)19-14(9-21)15(22)10-4-6-13(7-5-10)20(24)25/h1-8,14-15,21-22H,9H2,(H2,18,19,23). The van der Waals surface area contributed by atoms with E-state index in [9.17, 15) is 29.5 Å². The maximum Gasteiger partial charge on any atom is 0.319 e. The van der Waals surface area contributed by atoms with Gasteiger partial charge in [0.25, 0.3) is 5.69 Å². The van der Waals surface area contributed by atoms with Crippen molar-refractivity contribution in [1.82, 2.24) is 5.32 Å². The van der Waals surface area contributed by atoms with Gasteiger partial charge in [-0.15, -0.1) is 0 Å². The Hall–Kier alpha value is -3.04. The van der Waals surface area contributed by atoms with E-state index >= 15 is 0 Å². The smallest absolute Gasteiger partial charge is 0.319 e. The first kappa shape index (κ1) is 18.3. The zero-order valence-corrected chi connectivity index (χ0v) is 12.9. The Morgan fingerprint density at radius 2 is 1.92 bits per heavy atom. The molecule has 0 radical (unpaired) electrons. The average Bonchev–Trinajstić information content (AvgIpc) is 2.59. The summed E-state index contributed by atoms with van der Waals surface area (Å²) < 4.78 is 13.1. The summed E-state index contributed by atoms with van der Waals surface area (Å²) >= 11 is 0. The van der Waals surface area contributed by atoms with Gasteiger partial charge in [-0.1, -0.05) is 6.07 Å². The molecular formula is C16H16FN3O5. The SMILES string of the molecule is O=C(Nc1cccc(F)c1)NC(CO)C(O)c1ccc([N+](=O)[O-])cc1. The summed E-state index contributed by atoms with van der Waals surface area (Å²) in [5.74, 6) is -0.526. The third kappa shape index (κ3) is 4.96. The van der Waals surface area contributed by atoms with Gasteiger partial charge in [-0.25, -0.2) is 9.18 Å². The van der Waals surface area contributed by atoms with Gasteiger partial charge >= 0.3 is 6.03 Å². The molecule has 2 rings (SSSR count). The van der Waals surface area contributed by atoms with Crippen LogP contribution in [0.4, 0.5) is 20.6 Å². The van der Waals surface area contributed by atoms with Crippen LogP contribution >= 0.6 is 0 Å². The molecule has 25 heavy (non-hydrogen) atoms. The highest BCUT2D eigenvalue weighted by Gasteiger charge is 2.23. The Morgan fingerprint density at radius 3 is 2.48 bits per heavy atom. The highest BCUT2D eigenvalue weighted by molar-refractivity contribution is 5.89. The average molecular weight is 349 g/mol. The van der Waals surface area contributed by atoms with Crippen LogP contribution in [0.3, 0.4) is 0 Å². The zero-order valence-electron chi connectivity index (χ0n) is 12.9. The summed E-state index contributed by atoms with van der Waals surface area (Å²) in [6.07, 6.45) is -1.29. The van der Waals surface area contributed by atoms with E-state index in [0.29, 0.717) is 0 Å². The summed E-state index contributed by atoms with van der Waals surface area (Å²) in [4.78, 5) is 22.0. The van der Waals surface area contributed by atoms with E-state index in [4.69, 9.17) is 0 Å². The molecule has 0 saturated carbocycles. The van der Waals surface area contributed by atoms with E-state index in [2.05, 4.69) is 10.6 Å². The third-order valence-corrected chi connectivity index (χ3v) is 3.42. The second kappa shape index (κ2) is 8.18. The normalized spacial score (nSPS) is 12.9. The number of aliphatic hydroxyl groups excluding tert-OH is 2. The van der Waals surface area contributed by atoms with Gasteiger partial charge in [0.2, 0.25) is 0 Å². The fraction of sp³-hybridized carbons (Fsp3) is 0.188. The van der Waals surface area contributed by atoms with Crippen molar-refractivity contribution >= 4 is 17.4 Å². The van der Waals surface area contributed by atoms with Crippen molar-refractivity contribution in [1.29, 1.82) is 0 Å². The number of carbonyl (C=O) groups excluding carboxylic acids is 1. The fourth-order valence-electron chi connectivity index (χ4n) is 2.15. The number of benzene rings is 2. The van der Waals surface area contributed by atoms with E-state index in [1.807, 2.05) is 0 Å². The molecule has 0 heterocycles. The van der Waals surface area contributed by atoms with Crippen molar-refractivity contribution in [3.05, 3.63) is 70.0 Å². The molecule has 0 aliphatic rings. The Labute approximate surface area is 142 Å². The monoisotopic (exact) mass is 349 g/mol. The molecular weight excluding hydrogens is 333 g/mol. The number of amides is 2. The Kier molecular flexibility index (Phi) is 5.98. The number of non-ortho nitro benzene ring substituents is 1. The number of nitro benzene ring substituents is 1. The molecule has 2 unspecified atom stereocenters. The van der Waals surface area contributed by atoms with Crippen LogP contribution in [0, 0.1) is 15.9 Å². The van der Waals surface area contributed by atoms with Crippen LogP contribution in [0.1, 0.15) is 11.7 Å². The Bertz CT molecular complexity index is 754. The molecule has 0 fully saturated rings. The second-order valence-corrected chi connectivity index (χ2v) is 5.19. The van der Waals surface area contributed by atoms with Crippen LogP contribution in [0.15, 0.2) is 48.5 Å². The third-order valence-electron chi connectivity index (χ3n) is 3.42. The Balaban J connectivity index is 2.02. The molecule has 4 N–H and O–H groups in total. The predicted molar refractivity (Wildman–Crippen MR) is 87.5 cm³/mol. The maximum absolute atomic E-state index is 13.1. The molecule has 2 aromatic rings. The van der Waals surface area contributed by atoms with Crippen LogP contribution < -0.4 is 10.6 Å². The van der Waals surface area contributed by atoms with Crippen molar-refractivity contribution < 1.29 is 24.3 Å². The van der Waals surface area contributed by atoms with Crippen LogP contribution in [0.5, 0.6) is 0 Å². The summed E-state index contributed by atoms with van der Waals surface area (Å²) in [5.41, 5.74) is 0.350. The van der Waals surface area contributed by atoms with Crippen LogP contribution in [0.2, 0.25) is 0 Å². The van der Waals surface area contributed by atoms with Gasteiger partial charge in [-0.3, -0.25) is 10.1 Å². The van der Waals surface area contributed by atoms with Crippen LogP contribution in [-0.4, -0.2) is 33.8 Å². The predicted octanol–water partition coefficient (Wildman–Crippen LogP) is 1.95. The minimum atomic E-state index is -1.29. The first-order chi connectivity index (χ1) is 11.9. The molecule has 9 heteroatoms. The Morgan fingerprint density at radius 1 is 1.24 bits per heavy atom. The van der Waals surface area contributed by atoms with E-state index in [1.165, 1.54) is 42.5 Å². The van der Waals surface area contributed by atoms with Crippen molar-refractivity contribution in [3.63, 3.8) is 0 Å². The van der Waals surface area contributed by atoms with Gasteiger partial charge in [0.15, 0.2) is 0 Å². The number of carbonyl (C=O) groups is 1. The largest absolute Gasteiger partial charge is 0.394 e. The van der Waals surface area contributed by atoms with Gasteiger partial charge in [0.05, 0.1) is 17.6 Å². The lowest BCUT2D eigenvalue weighted by atomic mass is 10.0. The number of halogens is 1. The maximum atomic E-state index is 13.1. The van der Waals surface area contributed by atoms with Crippen molar-refractivity contribution in [3.8, 4) is 0 Å². The molecule has 0 spiro atoms. The molecule has 2 amide bonds. The summed E-state index contributed by atoms with van der Waals surface area (Å²) in [7, 11) is 0. The number of anilines is 1. The summed E-state index contributed by atoms with van der Waals surface area (Å²) in [6.45, 7) is -0.575. The molecule has 2 atom stereocenters. The number of nitrogens with zero attached hydrogens (tertiary/aromatic N) is 1. The number of urea groups is 1. The topological polar surface area (TPSA) is 125 Å². The molecule has 8 nitrogen and oxygen atoms in total. The first-order valence-electron chi connectivity index (χ1n) is 7.27. The number of rotatable bonds is 6. The lowest BCUT2D eigenvalue weighted by Crippen LogP contribution is -2.44. The summed E-state index contributed by atoms with van der Waals surface area (Å²) in [6, 6.07) is 8.50. The minimum Gasteiger partial charge on any atom is -0.394 e. The molecule has 0 aromatic heterocycles. The minimum absolute atomic E-state index is 0.145. The van der Waals surface area contributed by atoms with E-state index < -0.39 is 35.5 Å². The van der Waals surface area contributed by atoms with Gasteiger partial charge in [0, 0.05) is 17.8 Å². The lowest BCUT2D eigenvalue weighted by molar-refractivity contribution is -0.384. The second-order valence-electron chi connectivity index (χ2n) is 5.19. The number of nitro groups is 1. The number of aliphatic hydroxyl groups is 2. The van der Waals surface area contributed by atoms with Crippen LogP contribution in [0.25, 0.3) is 0 Å². The molecule has 0 saturated heterocycles. The molecule has 0 aliphatic carbocycles. The van der Waals surface area contributed by atoms with Crippen LogP contribution in [-0.2, 0) is 0 Å². The van der Waals surface area contributed by atoms with E-state index in [-0.39, 0.29) is 16.9 Å². The number of hydrogen-bond donors (Lipinski definition) is 4. The summed E-state index contributed by atoms with van der Waals surface area (Å²) in [5, 5.41) is 35.0. The number of hydrogen-bond acceptors (Lipinski definition) is 5. The molecule has 132 valence electrons.